The first-order chi connectivity index (χ1) is 10.1. The fourth-order valence-corrected chi connectivity index (χ4v) is 2.65. The Balaban J connectivity index is 2.14. The Kier molecular flexibility index (Phi) is 3.18. The summed E-state index contributed by atoms with van der Waals surface area (Å²) < 4.78 is 0. The molecule has 1 aliphatic heterocycles. The lowest BCUT2D eigenvalue weighted by atomic mass is 9.96. The van der Waals surface area contributed by atoms with Crippen molar-refractivity contribution in [1.82, 2.24) is 0 Å². The van der Waals surface area contributed by atoms with Gasteiger partial charge in [0.2, 0.25) is 0 Å². The molecule has 1 amide bonds. The average Bonchev–Trinajstić information content (AvgIpc) is 2.79. The number of carbonyl (C=O) groups is 2. The molecule has 1 heterocycles. The number of likely N-dealkylation sites (N-methyl/N-ethyl adjacent to an activating group) is 1. The molecule has 0 atom stereocenters. The summed E-state index contributed by atoms with van der Waals surface area (Å²) in [5, 5.41) is 0. The predicted octanol–water partition coefficient (Wildman–Crippen LogP) is 3.32. The van der Waals surface area contributed by atoms with Crippen molar-refractivity contribution in [3.63, 3.8) is 0 Å². The zero-order valence-electron chi connectivity index (χ0n) is 12.0. The third-order valence-corrected chi connectivity index (χ3v) is 3.80. The van der Waals surface area contributed by atoms with Crippen molar-refractivity contribution in [3.05, 3.63) is 71.3 Å². The number of nitrogens with zero attached hydrogens (tertiary/aromatic N) is 1. The standard InChI is InChI=1S/C18H15NO2/c1-12(17(20)13-8-4-3-5-9-13)16-14-10-6-7-11-15(14)19(2)18(16)21/h3-11H,1-2H3/b16-12-. The molecule has 3 rings (SSSR count). The van der Waals surface area contributed by atoms with Crippen LogP contribution in [-0.4, -0.2) is 18.7 Å². The second-order valence-electron chi connectivity index (χ2n) is 5.08. The Bertz CT molecular complexity index is 760. The zero-order chi connectivity index (χ0) is 15.0. The van der Waals surface area contributed by atoms with Gasteiger partial charge in [-0.3, -0.25) is 9.59 Å². The van der Waals surface area contributed by atoms with Crippen LogP contribution in [0, 0.1) is 0 Å². The molecule has 0 aliphatic carbocycles. The molecule has 104 valence electrons. The van der Waals surface area contributed by atoms with Crippen molar-refractivity contribution in [3.8, 4) is 0 Å². The molecule has 2 aromatic rings. The van der Waals surface area contributed by atoms with Crippen LogP contribution in [-0.2, 0) is 4.79 Å². The highest BCUT2D eigenvalue weighted by atomic mass is 16.2. The summed E-state index contributed by atoms with van der Waals surface area (Å²) in [6, 6.07) is 16.6. The largest absolute Gasteiger partial charge is 0.311 e. The maximum Gasteiger partial charge on any atom is 0.259 e. The molecule has 0 aromatic heterocycles. The molecule has 3 heteroatoms. The van der Waals surface area contributed by atoms with Gasteiger partial charge in [0.15, 0.2) is 5.78 Å². The Morgan fingerprint density at radius 1 is 0.952 bits per heavy atom. The van der Waals surface area contributed by atoms with E-state index < -0.39 is 0 Å². The van der Waals surface area contributed by atoms with E-state index in [2.05, 4.69) is 0 Å². The summed E-state index contributed by atoms with van der Waals surface area (Å²) in [7, 11) is 1.73. The van der Waals surface area contributed by atoms with Crippen LogP contribution in [0.5, 0.6) is 0 Å². The zero-order valence-corrected chi connectivity index (χ0v) is 12.0. The van der Waals surface area contributed by atoms with E-state index in [0.717, 1.165) is 11.3 Å². The smallest absolute Gasteiger partial charge is 0.259 e. The molecule has 0 spiro atoms. The van der Waals surface area contributed by atoms with Crippen LogP contribution >= 0.6 is 0 Å². The number of anilines is 1. The van der Waals surface area contributed by atoms with E-state index in [1.54, 1.807) is 31.0 Å². The number of Topliss-reactive ketones (excluding diaryl/α,β-unsaturated/α-hetero) is 1. The Morgan fingerprint density at radius 2 is 1.57 bits per heavy atom. The van der Waals surface area contributed by atoms with Gasteiger partial charge in [-0.25, -0.2) is 0 Å². The maximum atomic E-state index is 12.6. The second kappa shape index (κ2) is 5.02. The summed E-state index contributed by atoms with van der Waals surface area (Å²) >= 11 is 0. The SMILES string of the molecule is C/C(C(=O)c1ccccc1)=C1/C(=O)N(C)c2ccccc21. The van der Waals surface area contributed by atoms with Crippen molar-refractivity contribution in [2.75, 3.05) is 11.9 Å². The van der Waals surface area contributed by atoms with E-state index >= 15 is 0 Å². The van der Waals surface area contributed by atoms with Gasteiger partial charge in [0.25, 0.3) is 5.91 Å². The molecule has 21 heavy (non-hydrogen) atoms. The quantitative estimate of drug-likeness (QED) is 0.624. The van der Waals surface area contributed by atoms with Gasteiger partial charge in [0.1, 0.15) is 0 Å². The summed E-state index contributed by atoms with van der Waals surface area (Å²) in [6.45, 7) is 1.72. The number of hydrogen-bond acceptors (Lipinski definition) is 2. The van der Waals surface area contributed by atoms with Crippen LogP contribution in [0.4, 0.5) is 5.69 Å². The molecule has 0 radical (unpaired) electrons. The fourth-order valence-electron chi connectivity index (χ4n) is 2.65. The first-order valence-electron chi connectivity index (χ1n) is 6.79. The molecule has 0 saturated carbocycles. The van der Waals surface area contributed by atoms with Gasteiger partial charge >= 0.3 is 0 Å². The molecular formula is C18H15NO2. The van der Waals surface area contributed by atoms with Gasteiger partial charge in [0, 0.05) is 23.7 Å². The predicted molar refractivity (Wildman–Crippen MR) is 83.2 cm³/mol. The number of ketones is 1. The summed E-state index contributed by atoms with van der Waals surface area (Å²) in [6.07, 6.45) is 0. The number of carbonyl (C=O) groups excluding carboxylic acids is 2. The van der Waals surface area contributed by atoms with Gasteiger partial charge in [-0.05, 0) is 13.0 Å². The molecule has 0 saturated heterocycles. The van der Waals surface area contributed by atoms with Gasteiger partial charge in [-0.2, -0.15) is 0 Å². The molecule has 0 unspecified atom stereocenters. The first kappa shape index (κ1) is 13.3. The molecular weight excluding hydrogens is 262 g/mol. The van der Waals surface area contributed by atoms with Crippen molar-refractivity contribution in [1.29, 1.82) is 0 Å². The van der Waals surface area contributed by atoms with Crippen LogP contribution in [0.15, 0.2) is 60.2 Å². The fraction of sp³-hybridized carbons (Fsp3) is 0.111. The molecule has 1 aliphatic rings. The minimum absolute atomic E-state index is 0.107. The number of para-hydroxylation sites is 1. The minimum atomic E-state index is -0.127. The Hall–Kier alpha value is -2.68. The molecule has 0 bridgehead atoms. The van der Waals surface area contributed by atoms with Gasteiger partial charge in [0.05, 0.1) is 11.3 Å². The van der Waals surface area contributed by atoms with Crippen LogP contribution in [0.2, 0.25) is 0 Å². The second-order valence-corrected chi connectivity index (χ2v) is 5.08. The summed E-state index contributed by atoms with van der Waals surface area (Å²) in [5.41, 5.74) is 3.26. The minimum Gasteiger partial charge on any atom is -0.311 e. The lowest BCUT2D eigenvalue weighted by molar-refractivity contribution is -0.112. The monoisotopic (exact) mass is 277 g/mol. The summed E-state index contributed by atoms with van der Waals surface area (Å²) in [5.74, 6) is -0.234. The van der Waals surface area contributed by atoms with Gasteiger partial charge < -0.3 is 4.90 Å². The highest BCUT2D eigenvalue weighted by molar-refractivity contribution is 6.37. The number of hydrogen-bond donors (Lipinski definition) is 0. The molecule has 2 aromatic carbocycles. The van der Waals surface area contributed by atoms with E-state index in [-0.39, 0.29) is 11.7 Å². The Morgan fingerprint density at radius 3 is 2.29 bits per heavy atom. The third kappa shape index (κ3) is 2.07. The van der Waals surface area contributed by atoms with Crippen molar-refractivity contribution in [2.24, 2.45) is 0 Å². The van der Waals surface area contributed by atoms with Gasteiger partial charge in [-0.15, -0.1) is 0 Å². The number of amides is 1. The third-order valence-electron chi connectivity index (χ3n) is 3.80. The van der Waals surface area contributed by atoms with Crippen LogP contribution in [0.1, 0.15) is 22.8 Å². The van der Waals surface area contributed by atoms with E-state index in [9.17, 15) is 9.59 Å². The average molecular weight is 277 g/mol. The Labute approximate surface area is 123 Å². The highest BCUT2D eigenvalue weighted by Crippen LogP contribution is 2.37. The number of rotatable bonds is 2. The first-order valence-corrected chi connectivity index (χ1v) is 6.79. The number of allylic oxidation sites excluding steroid dienone is 1. The van der Waals surface area contributed by atoms with E-state index in [4.69, 9.17) is 0 Å². The lowest BCUT2D eigenvalue weighted by Crippen LogP contribution is -2.21. The topological polar surface area (TPSA) is 37.4 Å². The summed E-state index contributed by atoms with van der Waals surface area (Å²) in [4.78, 5) is 26.6. The number of benzene rings is 2. The molecule has 0 N–H and O–H groups in total. The van der Waals surface area contributed by atoms with Crippen molar-refractivity contribution < 1.29 is 9.59 Å². The molecule has 0 fully saturated rings. The molecule has 3 nitrogen and oxygen atoms in total. The van der Waals surface area contributed by atoms with Crippen LogP contribution in [0.3, 0.4) is 0 Å². The van der Waals surface area contributed by atoms with E-state index in [1.807, 2.05) is 42.5 Å². The highest BCUT2D eigenvalue weighted by Gasteiger charge is 2.32. The van der Waals surface area contributed by atoms with Crippen LogP contribution < -0.4 is 4.90 Å². The van der Waals surface area contributed by atoms with Gasteiger partial charge in [-0.1, -0.05) is 48.5 Å². The van der Waals surface area contributed by atoms with E-state index in [0.29, 0.717) is 16.7 Å². The van der Waals surface area contributed by atoms with Crippen molar-refractivity contribution in [2.45, 2.75) is 6.92 Å². The lowest BCUT2D eigenvalue weighted by Gasteiger charge is -2.08. The van der Waals surface area contributed by atoms with Crippen LogP contribution in [0.25, 0.3) is 5.57 Å². The normalized spacial score (nSPS) is 15.9. The van der Waals surface area contributed by atoms with Crippen molar-refractivity contribution >= 4 is 23.0 Å². The maximum absolute atomic E-state index is 12.6. The van der Waals surface area contributed by atoms with E-state index in [1.165, 1.54) is 0 Å². The number of fused-ring (bicyclic) bond motifs is 1.